The lowest BCUT2D eigenvalue weighted by Gasteiger charge is -2.26. The van der Waals surface area contributed by atoms with E-state index in [2.05, 4.69) is 33.5 Å². The summed E-state index contributed by atoms with van der Waals surface area (Å²) in [5.41, 5.74) is 0. The van der Waals surface area contributed by atoms with Gasteiger partial charge in [-0.15, -0.1) is 0 Å². The maximum atomic E-state index is 6.01. The van der Waals surface area contributed by atoms with Crippen LogP contribution in [0.4, 0.5) is 0 Å². The van der Waals surface area contributed by atoms with Gasteiger partial charge in [0.25, 0.3) is 0 Å². The van der Waals surface area contributed by atoms with Gasteiger partial charge in [-0.3, -0.25) is 0 Å². The van der Waals surface area contributed by atoms with Crippen LogP contribution in [0.3, 0.4) is 0 Å². The van der Waals surface area contributed by atoms with Crippen molar-refractivity contribution in [2.75, 3.05) is 0 Å². The molecule has 78 valence electrons. The number of ether oxygens (including phenoxy) is 1. The van der Waals surface area contributed by atoms with Crippen LogP contribution in [0.25, 0.3) is 0 Å². The van der Waals surface area contributed by atoms with E-state index < -0.39 is 8.07 Å². The van der Waals surface area contributed by atoms with Crippen LogP contribution in [-0.4, -0.2) is 19.4 Å². The second-order valence-corrected chi connectivity index (χ2v) is 10.6. The lowest BCUT2D eigenvalue weighted by molar-refractivity contribution is 0.327. The second-order valence-electron chi connectivity index (χ2n) is 5.28. The predicted octanol–water partition coefficient (Wildman–Crippen LogP) is 3.60. The molecule has 0 saturated carbocycles. The second kappa shape index (κ2) is 3.74. The highest BCUT2D eigenvalue weighted by Crippen LogP contribution is 2.49. The quantitative estimate of drug-likeness (QED) is 0.488. The molecule has 0 aromatic heterocycles. The van der Waals surface area contributed by atoms with Crippen molar-refractivity contribution in [1.29, 1.82) is 0 Å². The molecule has 0 aromatic rings. The van der Waals surface area contributed by atoms with Gasteiger partial charge in [0.05, 0.1) is 19.4 Å². The molecule has 0 aliphatic carbocycles. The third-order valence-electron chi connectivity index (χ3n) is 3.26. The average molecular weight is 200 g/mol. The number of hydrogen-bond acceptors (Lipinski definition) is 1. The normalized spacial score (nSPS) is 33.5. The first-order chi connectivity index (χ1) is 5.98. The molecule has 1 rings (SSSR count). The standard InChI is InChI=1S/C11H24OSi/c1-6-8-10-11(12-10,9-7-2)13(3,4)5/h10H,6-9H2,1-5H3/t10-,11-/m0/s1. The first kappa shape index (κ1) is 11.3. The van der Waals surface area contributed by atoms with Gasteiger partial charge in [-0.05, 0) is 12.8 Å². The molecule has 1 saturated heterocycles. The van der Waals surface area contributed by atoms with Crippen molar-refractivity contribution in [1.82, 2.24) is 0 Å². The van der Waals surface area contributed by atoms with Crippen LogP contribution in [0, 0.1) is 0 Å². The van der Waals surface area contributed by atoms with E-state index in [-0.39, 0.29) is 0 Å². The lowest BCUT2D eigenvalue weighted by Crippen LogP contribution is -2.43. The first-order valence-corrected chi connectivity index (χ1v) is 9.15. The Morgan fingerprint density at radius 2 is 1.77 bits per heavy atom. The van der Waals surface area contributed by atoms with Crippen LogP contribution in [-0.2, 0) is 4.74 Å². The van der Waals surface area contributed by atoms with Crippen LogP contribution in [0.1, 0.15) is 39.5 Å². The van der Waals surface area contributed by atoms with Crippen LogP contribution in [0.2, 0.25) is 19.6 Å². The average Bonchev–Trinajstić information content (AvgIpc) is 2.64. The highest BCUT2D eigenvalue weighted by molar-refractivity contribution is 6.79. The Balaban J connectivity index is 2.60. The van der Waals surface area contributed by atoms with Gasteiger partial charge in [0.1, 0.15) is 0 Å². The van der Waals surface area contributed by atoms with Crippen molar-refractivity contribution < 1.29 is 4.74 Å². The van der Waals surface area contributed by atoms with Gasteiger partial charge >= 0.3 is 0 Å². The summed E-state index contributed by atoms with van der Waals surface area (Å²) in [6.07, 6.45) is 5.69. The zero-order valence-electron chi connectivity index (χ0n) is 9.81. The van der Waals surface area contributed by atoms with Gasteiger partial charge in [0, 0.05) is 0 Å². The molecule has 1 heterocycles. The van der Waals surface area contributed by atoms with E-state index in [1.54, 1.807) is 0 Å². The van der Waals surface area contributed by atoms with E-state index in [0.29, 0.717) is 11.3 Å². The summed E-state index contributed by atoms with van der Waals surface area (Å²) in [5, 5.41) is 0.345. The summed E-state index contributed by atoms with van der Waals surface area (Å²) in [7, 11) is -1.12. The van der Waals surface area contributed by atoms with E-state index in [0.717, 1.165) is 0 Å². The maximum Gasteiger partial charge on any atom is 0.0858 e. The van der Waals surface area contributed by atoms with Crippen LogP contribution in [0.5, 0.6) is 0 Å². The van der Waals surface area contributed by atoms with Crippen molar-refractivity contribution >= 4 is 8.07 Å². The monoisotopic (exact) mass is 200 g/mol. The molecule has 13 heavy (non-hydrogen) atoms. The molecule has 0 bridgehead atoms. The molecule has 0 unspecified atom stereocenters. The predicted molar refractivity (Wildman–Crippen MR) is 60.8 cm³/mol. The highest BCUT2D eigenvalue weighted by atomic mass is 28.3. The number of rotatable bonds is 5. The summed E-state index contributed by atoms with van der Waals surface area (Å²) in [4.78, 5) is 0. The smallest absolute Gasteiger partial charge is 0.0858 e. The lowest BCUT2D eigenvalue weighted by atomic mass is 10.1. The van der Waals surface area contributed by atoms with Gasteiger partial charge in [0.2, 0.25) is 0 Å². The van der Waals surface area contributed by atoms with Crippen molar-refractivity contribution in [3.63, 3.8) is 0 Å². The maximum absolute atomic E-state index is 6.01. The summed E-state index contributed by atoms with van der Waals surface area (Å²) in [6.45, 7) is 11.9. The summed E-state index contributed by atoms with van der Waals surface area (Å²) >= 11 is 0. The van der Waals surface area contributed by atoms with Crippen molar-refractivity contribution in [3.05, 3.63) is 0 Å². The third-order valence-corrected chi connectivity index (χ3v) is 6.49. The zero-order chi connectivity index (χ0) is 10.1. The van der Waals surface area contributed by atoms with Gasteiger partial charge in [-0.2, -0.15) is 0 Å². The minimum absolute atomic E-state index is 0.345. The largest absolute Gasteiger partial charge is 0.370 e. The molecule has 2 heteroatoms. The molecule has 1 aliphatic heterocycles. The molecule has 1 nitrogen and oxygen atoms in total. The van der Waals surface area contributed by atoms with Crippen LogP contribution < -0.4 is 0 Å². The number of epoxide rings is 1. The Morgan fingerprint density at radius 1 is 1.15 bits per heavy atom. The molecule has 0 N–H and O–H groups in total. The fourth-order valence-electron chi connectivity index (χ4n) is 2.40. The van der Waals surface area contributed by atoms with Gasteiger partial charge in [-0.1, -0.05) is 46.3 Å². The Bertz CT molecular complexity index is 173. The third kappa shape index (κ3) is 1.99. The molecule has 1 fully saturated rings. The molecule has 0 amide bonds. The van der Waals surface area contributed by atoms with Gasteiger partial charge < -0.3 is 4.74 Å². The van der Waals surface area contributed by atoms with E-state index in [9.17, 15) is 0 Å². The van der Waals surface area contributed by atoms with Crippen molar-refractivity contribution in [2.45, 2.75) is 70.5 Å². The SMILES string of the molecule is CCC[C@@H]1O[C@@]1(CCC)[Si](C)(C)C. The molecule has 0 spiro atoms. The molecule has 2 atom stereocenters. The van der Waals surface area contributed by atoms with Gasteiger partial charge in [-0.25, -0.2) is 0 Å². The highest BCUT2D eigenvalue weighted by Gasteiger charge is 2.62. The molecule has 0 radical (unpaired) electrons. The van der Waals surface area contributed by atoms with Gasteiger partial charge in [0.15, 0.2) is 0 Å². The first-order valence-electron chi connectivity index (χ1n) is 5.65. The summed E-state index contributed by atoms with van der Waals surface area (Å²) in [5.74, 6) is 0. The van der Waals surface area contributed by atoms with E-state index in [4.69, 9.17) is 4.74 Å². The fraction of sp³-hybridized carbons (Fsp3) is 1.00. The van der Waals surface area contributed by atoms with E-state index in [1.165, 1.54) is 25.7 Å². The Kier molecular flexibility index (Phi) is 3.23. The summed E-state index contributed by atoms with van der Waals surface area (Å²) < 4.78 is 6.01. The minimum Gasteiger partial charge on any atom is -0.370 e. The number of hydrogen-bond donors (Lipinski definition) is 0. The zero-order valence-corrected chi connectivity index (χ0v) is 10.8. The van der Waals surface area contributed by atoms with Crippen molar-refractivity contribution in [3.8, 4) is 0 Å². The van der Waals surface area contributed by atoms with E-state index in [1.807, 2.05) is 0 Å². The molecule has 1 aliphatic rings. The Morgan fingerprint density at radius 3 is 2.15 bits per heavy atom. The fourth-order valence-corrected chi connectivity index (χ4v) is 5.01. The summed E-state index contributed by atoms with van der Waals surface area (Å²) in [6, 6.07) is 0. The molecular formula is C11H24OSi. The van der Waals surface area contributed by atoms with Crippen LogP contribution in [0.15, 0.2) is 0 Å². The topological polar surface area (TPSA) is 12.5 Å². The Hall–Kier alpha value is 0.177. The van der Waals surface area contributed by atoms with Crippen molar-refractivity contribution in [2.24, 2.45) is 0 Å². The van der Waals surface area contributed by atoms with Crippen LogP contribution >= 0.6 is 0 Å². The Labute approximate surface area is 83.9 Å². The molecule has 0 aromatic carbocycles. The molecular weight excluding hydrogens is 176 g/mol. The van der Waals surface area contributed by atoms with E-state index >= 15 is 0 Å². The minimum atomic E-state index is -1.12.